The standard InChI is InChI=1S/C34H46FN5O3/c1-23(2)36-32(41)26-9-13-29(14-10-26)40-30-19-24(21-38-15-17-39(18-16-38)22-34(3,4)43)5-6-27(30)20-31(40)37-33(42)25-7-11-28(35)12-8-25/h5-8,11-12,19,23,26,29,43H,9-10,13-18,20-22H2,1-4H3,(H,36,41). The molecule has 43 heavy (non-hydrogen) atoms. The highest BCUT2D eigenvalue weighted by Gasteiger charge is 2.36. The van der Waals surface area contributed by atoms with Gasteiger partial charge < -0.3 is 15.3 Å². The number of amidine groups is 1. The van der Waals surface area contributed by atoms with Crippen LogP contribution in [0.15, 0.2) is 47.5 Å². The summed E-state index contributed by atoms with van der Waals surface area (Å²) >= 11 is 0. The number of hydrogen-bond donors (Lipinski definition) is 2. The number of carbonyl (C=O) groups is 2. The third-order valence-electron chi connectivity index (χ3n) is 8.70. The average Bonchev–Trinajstić information content (AvgIpc) is 3.30. The molecule has 0 unspecified atom stereocenters. The Morgan fingerprint density at radius 3 is 2.28 bits per heavy atom. The van der Waals surface area contributed by atoms with E-state index in [0.717, 1.165) is 75.5 Å². The summed E-state index contributed by atoms with van der Waals surface area (Å²) in [4.78, 5) is 37.5. The summed E-state index contributed by atoms with van der Waals surface area (Å²) in [5.74, 6) is 0.0891. The second-order valence-corrected chi connectivity index (χ2v) is 13.4. The molecule has 0 bridgehead atoms. The molecule has 2 fully saturated rings. The SMILES string of the molecule is CC(C)NC(=O)C1CCC(N2C(=NC(=O)c3ccc(F)cc3)Cc3ccc(CN4CCN(CC(C)(C)O)CC4)cc32)CC1. The molecule has 2 aliphatic heterocycles. The van der Waals surface area contributed by atoms with Crippen LogP contribution in [0.2, 0.25) is 0 Å². The predicted octanol–water partition coefficient (Wildman–Crippen LogP) is 4.40. The Hall–Kier alpha value is -3.14. The van der Waals surface area contributed by atoms with Crippen LogP contribution in [0.3, 0.4) is 0 Å². The molecule has 232 valence electrons. The zero-order valence-corrected chi connectivity index (χ0v) is 26.0. The minimum Gasteiger partial charge on any atom is -0.389 e. The van der Waals surface area contributed by atoms with E-state index in [0.29, 0.717) is 18.5 Å². The third-order valence-corrected chi connectivity index (χ3v) is 8.70. The molecule has 1 saturated heterocycles. The van der Waals surface area contributed by atoms with E-state index in [4.69, 9.17) is 0 Å². The van der Waals surface area contributed by atoms with Crippen molar-refractivity contribution in [2.24, 2.45) is 10.9 Å². The molecule has 8 nitrogen and oxygen atoms in total. The number of fused-ring (bicyclic) bond motifs is 1. The normalized spacial score (nSPS) is 22.7. The number of nitrogens with zero attached hydrogens (tertiary/aromatic N) is 4. The van der Waals surface area contributed by atoms with Gasteiger partial charge in [-0.3, -0.25) is 19.4 Å². The summed E-state index contributed by atoms with van der Waals surface area (Å²) in [6.45, 7) is 12.9. The molecule has 0 spiro atoms. The molecule has 1 saturated carbocycles. The number of benzene rings is 2. The Labute approximate surface area is 255 Å². The van der Waals surface area contributed by atoms with Crippen LogP contribution in [0.5, 0.6) is 0 Å². The van der Waals surface area contributed by atoms with Crippen LogP contribution in [0.1, 0.15) is 74.9 Å². The first-order valence-corrected chi connectivity index (χ1v) is 15.7. The van der Waals surface area contributed by atoms with Crippen LogP contribution in [0.25, 0.3) is 0 Å². The molecular formula is C34H46FN5O3. The predicted molar refractivity (Wildman–Crippen MR) is 168 cm³/mol. The molecule has 2 aromatic carbocycles. The lowest BCUT2D eigenvalue weighted by atomic mass is 9.84. The van der Waals surface area contributed by atoms with Crippen LogP contribution < -0.4 is 10.2 Å². The minimum atomic E-state index is -0.694. The Bertz CT molecular complexity index is 1320. The number of amides is 2. The fourth-order valence-electron chi connectivity index (χ4n) is 6.66. The van der Waals surface area contributed by atoms with E-state index in [9.17, 15) is 19.1 Å². The Morgan fingerprint density at radius 1 is 1.00 bits per heavy atom. The van der Waals surface area contributed by atoms with Gasteiger partial charge >= 0.3 is 0 Å². The molecule has 1 aliphatic carbocycles. The van der Waals surface area contributed by atoms with E-state index in [1.807, 2.05) is 27.7 Å². The van der Waals surface area contributed by atoms with Gasteiger partial charge in [0.2, 0.25) is 5.91 Å². The lowest BCUT2D eigenvalue weighted by molar-refractivity contribution is -0.126. The van der Waals surface area contributed by atoms with Gasteiger partial charge in [-0.1, -0.05) is 12.1 Å². The lowest BCUT2D eigenvalue weighted by Crippen LogP contribution is -2.50. The number of anilines is 1. The summed E-state index contributed by atoms with van der Waals surface area (Å²) in [5.41, 5.74) is 3.13. The fourth-order valence-corrected chi connectivity index (χ4v) is 6.66. The molecule has 0 atom stereocenters. The van der Waals surface area contributed by atoms with Gasteiger partial charge in [-0.05, 0) is 94.8 Å². The van der Waals surface area contributed by atoms with E-state index >= 15 is 0 Å². The molecule has 5 rings (SSSR count). The molecule has 0 aromatic heterocycles. The van der Waals surface area contributed by atoms with Crippen molar-refractivity contribution in [1.82, 2.24) is 15.1 Å². The summed E-state index contributed by atoms with van der Waals surface area (Å²) in [5, 5.41) is 13.3. The van der Waals surface area contributed by atoms with Crippen LogP contribution in [0.4, 0.5) is 10.1 Å². The summed E-state index contributed by atoms with van der Waals surface area (Å²) in [7, 11) is 0. The smallest absolute Gasteiger partial charge is 0.278 e. The highest BCUT2D eigenvalue weighted by Crippen LogP contribution is 2.38. The number of rotatable bonds is 8. The van der Waals surface area contributed by atoms with E-state index < -0.39 is 5.60 Å². The zero-order valence-electron chi connectivity index (χ0n) is 26.0. The van der Waals surface area contributed by atoms with Gasteiger partial charge in [0.25, 0.3) is 5.91 Å². The van der Waals surface area contributed by atoms with Gasteiger partial charge in [0.15, 0.2) is 0 Å². The fraction of sp³-hybridized carbons (Fsp3) is 0.559. The lowest BCUT2D eigenvalue weighted by Gasteiger charge is -2.37. The van der Waals surface area contributed by atoms with Crippen molar-refractivity contribution in [3.05, 3.63) is 65.0 Å². The average molecular weight is 592 g/mol. The second-order valence-electron chi connectivity index (χ2n) is 13.4. The number of nitrogens with one attached hydrogen (secondary N) is 1. The number of piperazine rings is 1. The number of aliphatic imine (C=N–C) groups is 1. The van der Waals surface area contributed by atoms with Gasteiger partial charge in [-0.25, -0.2) is 4.39 Å². The second kappa shape index (κ2) is 13.2. The highest BCUT2D eigenvalue weighted by atomic mass is 19.1. The third kappa shape index (κ3) is 8.08. The van der Waals surface area contributed by atoms with Crippen LogP contribution >= 0.6 is 0 Å². The topological polar surface area (TPSA) is 88.5 Å². The monoisotopic (exact) mass is 591 g/mol. The van der Waals surface area contributed by atoms with Crippen LogP contribution in [-0.4, -0.2) is 83.0 Å². The molecule has 2 amide bonds. The van der Waals surface area contributed by atoms with E-state index in [1.54, 1.807) is 0 Å². The van der Waals surface area contributed by atoms with Gasteiger partial charge in [-0.15, -0.1) is 0 Å². The van der Waals surface area contributed by atoms with Crippen molar-refractivity contribution in [1.29, 1.82) is 0 Å². The molecule has 2 heterocycles. The van der Waals surface area contributed by atoms with E-state index in [-0.39, 0.29) is 35.6 Å². The van der Waals surface area contributed by atoms with Crippen molar-refractivity contribution >= 4 is 23.3 Å². The Morgan fingerprint density at radius 2 is 1.65 bits per heavy atom. The van der Waals surface area contributed by atoms with Crippen LogP contribution in [-0.2, 0) is 17.8 Å². The summed E-state index contributed by atoms with van der Waals surface area (Å²) in [6, 6.07) is 12.4. The number of halogens is 1. The van der Waals surface area contributed by atoms with Crippen molar-refractivity contribution in [2.75, 3.05) is 37.6 Å². The molecule has 2 N–H and O–H groups in total. The maximum Gasteiger partial charge on any atom is 0.278 e. The number of hydrogen-bond acceptors (Lipinski definition) is 5. The molecular weight excluding hydrogens is 545 g/mol. The van der Waals surface area contributed by atoms with E-state index in [1.165, 1.54) is 29.8 Å². The summed E-state index contributed by atoms with van der Waals surface area (Å²) in [6.07, 6.45) is 3.83. The highest BCUT2D eigenvalue weighted by molar-refractivity contribution is 6.12. The Balaban J connectivity index is 1.34. The quantitative estimate of drug-likeness (QED) is 0.473. The van der Waals surface area contributed by atoms with Crippen molar-refractivity contribution < 1.29 is 19.1 Å². The molecule has 2 aromatic rings. The maximum atomic E-state index is 13.5. The maximum absolute atomic E-state index is 13.5. The molecule has 9 heteroatoms. The minimum absolute atomic E-state index is 0.00312. The first kappa shape index (κ1) is 31.3. The van der Waals surface area contributed by atoms with Gasteiger partial charge in [0, 0.05) is 74.9 Å². The van der Waals surface area contributed by atoms with Crippen LogP contribution in [0, 0.1) is 11.7 Å². The summed E-state index contributed by atoms with van der Waals surface area (Å²) < 4.78 is 13.5. The largest absolute Gasteiger partial charge is 0.389 e. The van der Waals surface area contributed by atoms with Crippen molar-refractivity contribution in [3.63, 3.8) is 0 Å². The van der Waals surface area contributed by atoms with E-state index in [2.05, 4.69) is 43.2 Å². The molecule has 3 aliphatic rings. The number of aliphatic hydroxyl groups is 1. The Kier molecular flexibility index (Phi) is 9.63. The first-order valence-electron chi connectivity index (χ1n) is 15.7. The van der Waals surface area contributed by atoms with Gasteiger partial charge in [-0.2, -0.15) is 4.99 Å². The van der Waals surface area contributed by atoms with Crippen molar-refractivity contribution in [3.8, 4) is 0 Å². The first-order chi connectivity index (χ1) is 20.4. The number of carbonyl (C=O) groups excluding carboxylic acids is 2. The zero-order chi connectivity index (χ0) is 30.7. The number of β-amino-alcohol motifs (C(OH)–C–C–N with tert-alkyl or cyclic N) is 1. The van der Waals surface area contributed by atoms with Gasteiger partial charge in [0.1, 0.15) is 11.7 Å². The van der Waals surface area contributed by atoms with Gasteiger partial charge in [0.05, 0.1) is 5.60 Å². The molecule has 0 radical (unpaired) electrons. The van der Waals surface area contributed by atoms with Crippen molar-refractivity contribution in [2.45, 2.75) is 84.0 Å².